The number of hydrogen-bond donors (Lipinski definition) is 1. The van der Waals surface area contributed by atoms with E-state index in [0.717, 1.165) is 17.7 Å². The highest BCUT2D eigenvalue weighted by Crippen LogP contribution is 2.27. The van der Waals surface area contributed by atoms with Gasteiger partial charge < -0.3 is 14.8 Å². The van der Waals surface area contributed by atoms with Crippen molar-refractivity contribution in [3.05, 3.63) is 65.8 Å². The first-order valence-electron chi connectivity index (χ1n) is 8.60. The largest absolute Gasteiger partial charge is 0.573 e. The number of amides is 1. The van der Waals surface area contributed by atoms with Crippen molar-refractivity contribution < 1.29 is 27.4 Å². The molecule has 0 fully saturated rings. The van der Waals surface area contributed by atoms with Gasteiger partial charge in [0, 0.05) is 22.8 Å². The van der Waals surface area contributed by atoms with Crippen LogP contribution in [-0.2, 0) is 0 Å². The third kappa shape index (κ3) is 4.23. The predicted octanol–water partition coefficient (Wildman–Crippen LogP) is 5.22. The number of carbonyl (C=O) groups is 1. The van der Waals surface area contributed by atoms with Crippen LogP contribution >= 0.6 is 11.3 Å². The Kier molecular flexibility index (Phi) is 5.08. The minimum Gasteiger partial charge on any atom is -0.497 e. The molecule has 1 amide bonds. The highest BCUT2D eigenvalue weighted by molar-refractivity contribution is 7.15. The summed E-state index contributed by atoms with van der Waals surface area (Å²) in [7, 11) is 1.58. The van der Waals surface area contributed by atoms with E-state index in [9.17, 15) is 18.0 Å². The van der Waals surface area contributed by atoms with Gasteiger partial charge in [-0.05, 0) is 36.4 Å². The van der Waals surface area contributed by atoms with E-state index in [-0.39, 0.29) is 5.75 Å². The summed E-state index contributed by atoms with van der Waals surface area (Å²) < 4.78 is 47.5. The number of nitrogens with one attached hydrogen (secondary N) is 1. The average molecular weight is 433 g/mol. The van der Waals surface area contributed by atoms with Gasteiger partial charge in [-0.15, -0.1) is 24.5 Å². The normalized spacial score (nSPS) is 11.5. The number of hydrogen-bond acceptors (Lipinski definition) is 5. The molecule has 10 heteroatoms. The lowest BCUT2D eigenvalue weighted by Gasteiger charge is -2.09. The van der Waals surface area contributed by atoms with E-state index in [1.54, 1.807) is 23.1 Å². The summed E-state index contributed by atoms with van der Waals surface area (Å²) >= 11 is 1.30. The van der Waals surface area contributed by atoms with Crippen LogP contribution in [0.3, 0.4) is 0 Å². The Hall–Kier alpha value is -3.53. The second-order valence-corrected chi connectivity index (χ2v) is 6.99. The molecule has 0 saturated heterocycles. The Morgan fingerprint density at radius 3 is 2.60 bits per heavy atom. The van der Waals surface area contributed by atoms with E-state index in [1.165, 1.54) is 23.5 Å². The lowest BCUT2D eigenvalue weighted by atomic mass is 10.1. The summed E-state index contributed by atoms with van der Waals surface area (Å²) in [6.07, 6.45) is -3.02. The minimum absolute atomic E-state index is 0.335. The Balaban J connectivity index is 1.54. The molecule has 6 nitrogen and oxygen atoms in total. The number of carbonyl (C=O) groups excluding carboxylic acids is 1. The first-order valence-corrected chi connectivity index (χ1v) is 9.48. The van der Waals surface area contributed by atoms with Crippen molar-refractivity contribution in [3.8, 4) is 22.8 Å². The number of benzene rings is 2. The van der Waals surface area contributed by atoms with Crippen molar-refractivity contribution in [2.24, 2.45) is 0 Å². The Labute approximate surface area is 172 Å². The van der Waals surface area contributed by atoms with Gasteiger partial charge >= 0.3 is 6.36 Å². The van der Waals surface area contributed by atoms with Crippen LogP contribution in [-0.4, -0.2) is 28.8 Å². The SMILES string of the molecule is COc1cccc(-c2cn3c(C(=O)Nc4ccc(OC(F)(F)F)cc4)csc3n2)c1. The molecular formula is C20H14F3N3O3S. The van der Waals surface area contributed by atoms with Crippen molar-refractivity contribution in [2.75, 3.05) is 12.4 Å². The van der Waals surface area contributed by atoms with Crippen LogP contribution in [0.2, 0.25) is 0 Å². The monoisotopic (exact) mass is 433 g/mol. The van der Waals surface area contributed by atoms with Gasteiger partial charge in [-0.25, -0.2) is 4.98 Å². The predicted molar refractivity (Wildman–Crippen MR) is 106 cm³/mol. The van der Waals surface area contributed by atoms with Crippen LogP contribution < -0.4 is 14.8 Å². The summed E-state index contributed by atoms with van der Waals surface area (Å²) in [5, 5.41) is 4.32. The molecule has 0 spiro atoms. The van der Waals surface area contributed by atoms with E-state index in [2.05, 4.69) is 15.0 Å². The van der Waals surface area contributed by atoms with Gasteiger partial charge in [-0.2, -0.15) is 0 Å². The third-order valence-electron chi connectivity index (χ3n) is 4.15. The molecule has 30 heavy (non-hydrogen) atoms. The number of aromatic nitrogens is 2. The molecule has 0 aliphatic carbocycles. The molecule has 4 rings (SSSR count). The number of rotatable bonds is 5. The zero-order valence-electron chi connectivity index (χ0n) is 15.4. The molecule has 1 N–H and O–H groups in total. The fourth-order valence-electron chi connectivity index (χ4n) is 2.80. The van der Waals surface area contributed by atoms with Crippen molar-refractivity contribution in [1.29, 1.82) is 0 Å². The Bertz CT molecular complexity index is 1200. The third-order valence-corrected chi connectivity index (χ3v) is 4.99. The quantitative estimate of drug-likeness (QED) is 0.469. The van der Waals surface area contributed by atoms with Crippen LogP contribution in [0, 0.1) is 0 Å². The standard InChI is InChI=1S/C20H14F3N3O3S/c1-28-15-4-2-3-12(9-15)16-10-26-17(11-30-19(26)25-16)18(27)24-13-5-7-14(8-6-13)29-20(21,22)23/h2-11H,1H3,(H,24,27). The van der Waals surface area contributed by atoms with E-state index in [0.29, 0.717) is 27.8 Å². The Morgan fingerprint density at radius 2 is 1.90 bits per heavy atom. The number of imidazole rings is 1. The maximum Gasteiger partial charge on any atom is 0.573 e. The van der Waals surface area contributed by atoms with E-state index in [1.807, 2.05) is 24.3 Å². The summed E-state index contributed by atoms with van der Waals surface area (Å²) in [4.78, 5) is 17.8. The van der Waals surface area contributed by atoms with Gasteiger partial charge in [0.25, 0.3) is 5.91 Å². The van der Waals surface area contributed by atoms with E-state index >= 15 is 0 Å². The summed E-state index contributed by atoms with van der Waals surface area (Å²) in [5.41, 5.74) is 2.22. The molecule has 2 aromatic carbocycles. The van der Waals surface area contributed by atoms with Crippen LogP contribution in [0.4, 0.5) is 18.9 Å². The van der Waals surface area contributed by atoms with E-state index in [4.69, 9.17) is 4.74 Å². The number of methoxy groups -OCH3 is 1. The van der Waals surface area contributed by atoms with Gasteiger partial charge in [0.1, 0.15) is 17.2 Å². The smallest absolute Gasteiger partial charge is 0.497 e. The molecule has 0 bridgehead atoms. The van der Waals surface area contributed by atoms with Crippen molar-refractivity contribution in [2.45, 2.75) is 6.36 Å². The van der Waals surface area contributed by atoms with Gasteiger partial charge in [-0.1, -0.05) is 12.1 Å². The second-order valence-electron chi connectivity index (χ2n) is 6.16. The molecular weight excluding hydrogens is 419 g/mol. The minimum atomic E-state index is -4.77. The summed E-state index contributed by atoms with van der Waals surface area (Å²) in [5.74, 6) is -0.0870. The molecule has 2 heterocycles. The molecule has 0 aliphatic rings. The molecule has 0 radical (unpaired) electrons. The molecule has 0 unspecified atom stereocenters. The fourth-order valence-corrected chi connectivity index (χ4v) is 3.66. The first-order chi connectivity index (χ1) is 14.3. The summed E-state index contributed by atoms with van der Waals surface area (Å²) in [6.45, 7) is 0. The van der Waals surface area contributed by atoms with Crippen LogP contribution in [0.25, 0.3) is 16.2 Å². The highest BCUT2D eigenvalue weighted by Gasteiger charge is 2.31. The van der Waals surface area contributed by atoms with Crippen LogP contribution in [0.5, 0.6) is 11.5 Å². The fraction of sp³-hybridized carbons (Fsp3) is 0.100. The zero-order chi connectivity index (χ0) is 21.3. The Morgan fingerprint density at radius 1 is 1.13 bits per heavy atom. The van der Waals surface area contributed by atoms with Gasteiger partial charge in [-0.3, -0.25) is 9.20 Å². The zero-order valence-corrected chi connectivity index (χ0v) is 16.3. The molecule has 4 aromatic rings. The maximum atomic E-state index is 12.7. The number of alkyl halides is 3. The number of thiazole rings is 1. The van der Waals surface area contributed by atoms with Crippen LogP contribution in [0.1, 0.15) is 10.5 Å². The van der Waals surface area contributed by atoms with Crippen LogP contribution in [0.15, 0.2) is 60.1 Å². The average Bonchev–Trinajstić information content (AvgIpc) is 3.29. The number of halogens is 3. The van der Waals surface area contributed by atoms with Gasteiger partial charge in [0.2, 0.25) is 0 Å². The summed E-state index contributed by atoms with van der Waals surface area (Å²) in [6, 6.07) is 12.3. The molecule has 0 atom stereocenters. The number of ether oxygens (including phenoxy) is 2. The number of nitrogens with zero attached hydrogens (tertiary/aromatic N) is 2. The van der Waals surface area contributed by atoms with Crippen molar-refractivity contribution >= 4 is 27.9 Å². The van der Waals surface area contributed by atoms with E-state index < -0.39 is 12.3 Å². The topological polar surface area (TPSA) is 64.9 Å². The number of anilines is 1. The lowest BCUT2D eigenvalue weighted by Crippen LogP contribution is -2.17. The molecule has 0 aliphatic heterocycles. The lowest BCUT2D eigenvalue weighted by molar-refractivity contribution is -0.274. The highest BCUT2D eigenvalue weighted by atomic mass is 32.1. The van der Waals surface area contributed by atoms with Crippen molar-refractivity contribution in [1.82, 2.24) is 9.38 Å². The first kappa shape index (κ1) is 19.8. The number of fused-ring (bicyclic) bond motifs is 1. The van der Waals surface area contributed by atoms with Gasteiger partial charge in [0.05, 0.1) is 12.8 Å². The van der Waals surface area contributed by atoms with Crippen molar-refractivity contribution in [3.63, 3.8) is 0 Å². The van der Waals surface area contributed by atoms with Gasteiger partial charge in [0.15, 0.2) is 4.96 Å². The molecule has 0 saturated carbocycles. The maximum absolute atomic E-state index is 12.7. The molecule has 2 aromatic heterocycles. The second kappa shape index (κ2) is 7.71. The molecule has 154 valence electrons.